The molecule has 0 unspecified atom stereocenters. The summed E-state index contributed by atoms with van der Waals surface area (Å²) < 4.78 is 2.71. The standard InChI is InChI=1S/C22H43N2/c1-2-3-4-5-6-7-8-9-10-13-18-23-19-14-11-12-15-20-24-21-16-17-22(23)24/h2-21H2,1H3/q+1. The molecule has 0 aromatic carbocycles. The molecule has 0 aliphatic carbocycles. The van der Waals surface area contributed by atoms with E-state index in [1.54, 1.807) is 5.84 Å². The van der Waals surface area contributed by atoms with Gasteiger partial charge in [-0.25, -0.2) is 0 Å². The van der Waals surface area contributed by atoms with E-state index in [-0.39, 0.29) is 0 Å². The Morgan fingerprint density at radius 2 is 1.33 bits per heavy atom. The summed E-state index contributed by atoms with van der Waals surface area (Å²) in [5.41, 5.74) is 0. The average Bonchev–Trinajstić information content (AvgIpc) is 3.07. The summed E-state index contributed by atoms with van der Waals surface area (Å²) in [6, 6.07) is 0. The van der Waals surface area contributed by atoms with Crippen molar-refractivity contribution >= 4 is 5.84 Å². The van der Waals surface area contributed by atoms with Gasteiger partial charge in [-0.3, -0.25) is 9.48 Å². The lowest BCUT2D eigenvalue weighted by molar-refractivity contribution is -0.524. The molecule has 2 rings (SSSR count). The summed E-state index contributed by atoms with van der Waals surface area (Å²) in [6.45, 7) is 7.59. The fourth-order valence-corrected chi connectivity index (χ4v) is 4.43. The van der Waals surface area contributed by atoms with Gasteiger partial charge in [0.2, 0.25) is 5.84 Å². The normalized spacial score (nSPS) is 19.1. The Hall–Kier alpha value is -0.530. The Morgan fingerprint density at radius 1 is 0.708 bits per heavy atom. The fourth-order valence-electron chi connectivity index (χ4n) is 4.43. The summed E-state index contributed by atoms with van der Waals surface area (Å²) in [5, 5.41) is 0. The highest BCUT2D eigenvalue weighted by molar-refractivity contribution is 5.78. The van der Waals surface area contributed by atoms with Gasteiger partial charge in [0.25, 0.3) is 0 Å². The molecular formula is C22H43N2+. The second-order valence-corrected chi connectivity index (χ2v) is 8.09. The molecule has 24 heavy (non-hydrogen) atoms. The smallest absolute Gasteiger partial charge is 0.246 e. The zero-order chi connectivity index (χ0) is 16.9. The van der Waals surface area contributed by atoms with Crippen LogP contribution < -0.4 is 0 Å². The third-order valence-electron chi connectivity index (χ3n) is 5.95. The predicted molar refractivity (Wildman–Crippen MR) is 106 cm³/mol. The van der Waals surface area contributed by atoms with Crippen LogP contribution in [0, 0.1) is 0 Å². The van der Waals surface area contributed by atoms with E-state index in [0.29, 0.717) is 0 Å². The largest absolute Gasteiger partial charge is 0.266 e. The van der Waals surface area contributed by atoms with Crippen molar-refractivity contribution in [3.05, 3.63) is 0 Å². The van der Waals surface area contributed by atoms with Crippen LogP contribution in [0.5, 0.6) is 0 Å². The highest BCUT2D eigenvalue weighted by Gasteiger charge is 2.27. The number of nitrogens with zero attached hydrogens (tertiary/aromatic N) is 2. The third-order valence-corrected chi connectivity index (χ3v) is 5.95. The minimum absolute atomic E-state index is 1.32. The molecule has 0 bridgehead atoms. The van der Waals surface area contributed by atoms with E-state index in [0.717, 1.165) is 0 Å². The van der Waals surface area contributed by atoms with Crippen molar-refractivity contribution in [3.8, 4) is 0 Å². The summed E-state index contributed by atoms with van der Waals surface area (Å²) in [4.78, 5) is 2.77. The van der Waals surface area contributed by atoms with Gasteiger partial charge in [0.05, 0.1) is 32.6 Å². The Kier molecular flexibility index (Phi) is 10.5. The van der Waals surface area contributed by atoms with Crippen molar-refractivity contribution in [2.45, 2.75) is 110 Å². The van der Waals surface area contributed by atoms with Crippen LogP contribution in [0.3, 0.4) is 0 Å². The maximum Gasteiger partial charge on any atom is 0.246 e. The van der Waals surface area contributed by atoms with Gasteiger partial charge in [0.15, 0.2) is 0 Å². The van der Waals surface area contributed by atoms with Crippen molar-refractivity contribution in [2.75, 3.05) is 26.2 Å². The minimum atomic E-state index is 1.32. The van der Waals surface area contributed by atoms with Gasteiger partial charge in [0.1, 0.15) is 0 Å². The first-order chi connectivity index (χ1) is 11.9. The quantitative estimate of drug-likeness (QED) is 0.332. The zero-order valence-corrected chi connectivity index (χ0v) is 16.5. The van der Waals surface area contributed by atoms with Crippen molar-refractivity contribution < 1.29 is 4.58 Å². The number of hydrogen-bond acceptors (Lipinski definition) is 1. The molecule has 0 radical (unpaired) electrons. The van der Waals surface area contributed by atoms with Gasteiger partial charge in [-0.1, -0.05) is 58.3 Å². The van der Waals surface area contributed by atoms with Crippen LogP contribution in [0.2, 0.25) is 0 Å². The van der Waals surface area contributed by atoms with Gasteiger partial charge >= 0.3 is 0 Å². The van der Waals surface area contributed by atoms with Crippen molar-refractivity contribution in [2.24, 2.45) is 0 Å². The molecule has 2 aliphatic heterocycles. The van der Waals surface area contributed by atoms with E-state index in [9.17, 15) is 0 Å². The number of rotatable bonds is 11. The number of amidine groups is 1. The summed E-state index contributed by atoms with van der Waals surface area (Å²) >= 11 is 0. The maximum absolute atomic E-state index is 2.77. The third kappa shape index (κ3) is 7.57. The molecule has 2 nitrogen and oxygen atoms in total. The Morgan fingerprint density at radius 3 is 2.08 bits per heavy atom. The zero-order valence-electron chi connectivity index (χ0n) is 16.5. The first-order valence-electron chi connectivity index (χ1n) is 11.3. The van der Waals surface area contributed by atoms with E-state index in [4.69, 9.17) is 0 Å². The molecule has 2 aliphatic rings. The van der Waals surface area contributed by atoms with Crippen molar-refractivity contribution in [1.82, 2.24) is 4.90 Å². The lowest BCUT2D eigenvalue weighted by Gasteiger charge is -2.18. The SMILES string of the molecule is CCCCCCCCCCCCN1CCCCCC[N+]2=C1CCC2. The molecule has 0 saturated carbocycles. The highest BCUT2D eigenvalue weighted by Crippen LogP contribution is 2.16. The van der Waals surface area contributed by atoms with Crippen LogP contribution in [0.4, 0.5) is 0 Å². The maximum atomic E-state index is 2.77. The average molecular weight is 336 g/mol. The van der Waals surface area contributed by atoms with Crippen molar-refractivity contribution in [1.29, 1.82) is 0 Å². The minimum Gasteiger partial charge on any atom is -0.266 e. The molecule has 0 saturated heterocycles. The number of unbranched alkanes of at least 4 members (excludes halogenated alkanes) is 9. The van der Waals surface area contributed by atoms with Gasteiger partial charge < -0.3 is 0 Å². The molecule has 2 heterocycles. The lowest BCUT2D eigenvalue weighted by atomic mass is 10.1. The van der Waals surface area contributed by atoms with E-state index in [1.807, 2.05) is 0 Å². The summed E-state index contributed by atoms with van der Waals surface area (Å²) in [6.07, 6.45) is 22.9. The molecule has 140 valence electrons. The molecule has 0 N–H and O–H groups in total. The van der Waals surface area contributed by atoms with Crippen LogP contribution in [0.1, 0.15) is 110 Å². The fraction of sp³-hybridized carbons (Fsp3) is 0.955. The van der Waals surface area contributed by atoms with E-state index in [2.05, 4.69) is 16.4 Å². The monoisotopic (exact) mass is 335 g/mol. The Bertz CT molecular complexity index is 348. The first-order valence-corrected chi connectivity index (χ1v) is 11.3. The van der Waals surface area contributed by atoms with E-state index in [1.165, 1.54) is 129 Å². The molecule has 2 heteroatoms. The highest BCUT2D eigenvalue weighted by atomic mass is 15.2. The Labute approximate surface area is 151 Å². The second-order valence-electron chi connectivity index (χ2n) is 8.09. The van der Waals surface area contributed by atoms with E-state index >= 15 is 0 Å². The van der Waals surface area contributed by atoms with Gasteiger partial charge in [0, 0.05) is 0 Å². The summed E-state index contributed by atoms with van der Waals surface area (Å²) in [7, 11) is 0. The van der Waals surface area contributed by atoms with Crippen LogP contribution >= 0.6 is 0 Å². The van der Waals surface area contributed by atoms with Crippen molar-refractivity contribution in [3.63, 3.8) is 0 Å². The van der Waals surface area contributed by atoms with Gasteiger partial charge in [-0.05, 0) is 44.9 Å². The van der Waals surface area contributed by atoms with Gasteiger partial charge in [-0.2, -0.15) is 0 Å². The van der Waals surface area contributed by atoms with Crippen LogP contribution in [0.15, 0.2) is 0 Å². The molecule has 0 fully saturated rings. The predicted octanol–water partition coefficient (Wildman–Crippen LogP) is 5.99. The first kappa shape index (κ1) is 19.8. The molecule has 0 amide bonds. The van der Waals surface area contributed by atoms with Gasteiger partial charge in [-0.15, -0.1) is 0 Å². The lowest BCUT2D eigenvalue weighted by Crippen LogP contribution is -2.36. The van der Waals surface area contributed by atoms with Crippen LogP contribution in [0.25, 0.3) is 0 Å². The van der Waals surface area contributed by atoms with Crippen LogP contribution in [-0.2, 0) is 0 Å². The molecular weight excluding hydrogens is 292 g/mol. The molecule has 0 aromatic rings. The molecule has 0 atom stereocenters. The van der Waals surface area contributed by atoms with Crippen LogP contribution in [-0.4, -0.2) is 41.5 Å². The van der Waals surface area contributed by atoms with E-state index < -0.39 is 0 Å². The topological polar surface area (TPSA) is 6.25 Å². The second kappa shape index (κ2) is 12.8. The summed E-state index contributed by atoms with van der Waals surface area (Å²) in [5.74, 6) is 1.70. The molecule has 0 spiro atoms. The number of hydrogen-bond donors (Lipinski definition) is 0. The Balaban J connectivity index is 1.56. The molecule has 0 aromatic heterocycles.